The highest BCUT2D eigenvalue weighted by atomic mass is 16.5. The monoisotopic (exact) mass is 1050 g/mol. The molecule has 1 unspecified atom stereocenters. The van der Waals surface area contributed by atoms with Crippen molar-refractivity contribution in [2.24, 2.45) is 5.92 Å². The highest BCUT2D eigenvalue weighted by Crippen LogP contribution is 2.41. The van der Waals surface area contributed by atoms with Gasteiger partial charge in [-0.25, -0.2) is 9.97 Å². The maximum absolute atomic E-state index is 14.2. The SMILES string of the molecule is Cc1nccn1-c1ccc([C@H](C)NC(=O)[C@@H]2C[C@@H](O)CN2C(=O)[C@H](c2cc(OCCN3CCC(OC4CC(Oc5cc(N6C7CC[C@@H]6CN(c6cc(-c8ccccc8O)nnc6N)C7)ccn5)C4)CC3)no2)C(C)C)cc1. The minimum Gasteiger partial charge on any atom is -0.507 e. The largest absolute Gasteiger partial charge is 0.507 e. The summed E-state index contributed by atoms with van der Waals surface area (Å²) in [5.41, 5.74) is 11.4. The second-order valence-electron chi connectivity index (χ2n) is 21.8. The van der Waals surface area contributed by atoms with Crippen LogP contribution in [0.5, 0.6) is 17.5 Å². The number of piperazine rings is 1. The Morgan fingerprint density at radius 1 is 0.844 bits per heavy atom. The number of aliphatic hydroxyl groups is 1. The molecular formula is C57H70N12O8. The zero-order chi connectivity index (χ0) is 53.3. The molecule has 4 saturated heterocycles. The van der Waals surface area contributed by atoms with Crippen molar-refractivity contribution >= 4 is 29.0 Å². The molecule has 4 aromatic heterocycles. The Morgan fingerprint density at radius 2 is 1.61 bits per heavy atom. The summed E-state index contributed by atoms with van der Waals surface area (Å²) in [5.74, 6) is 1.19. The molecule has 20 heteroatoms. The van der Waals surface area contributed by atoms with Crippen molar-refractivity contribution in [3.63, 3.8) is 0 Å². The summed E-state index contributed by atoms with van der Waals surface area (Å²) >= 11 is 0. The number of aromatic hydroxyl groups is 1. The molecule has 406 valence electrons. The molecule has 4 aliphatic heterocycles. The van der Waals surface area contributed by atoms with Crippen molar-refractivity contribution < 1.29 is 38.5 Å². The summed E-state index contributed by atoms with van der Waals surface area (Å²) in [6.07, 6.45) is 10.9. The van der Waals surface area contributed by atoms with Gasteiger partial charge in [0.15, 0.2) is 11.6 Å². The van der Waals surface area contributed by atoms with Crippen LogP contribution in [0.1, 0.15) is 94.8 Å². The fourth-order valence-electron chi connectivity index (χ4n) is 12.0. The van der Waals surface area contributed by atoms with Crippen molar-refractivity contribution in [3.8, 4) is 34.5 Å². The van der Waals surface area contributed by atoms with E-state index in [1.165, 1.54) is 4.90 Å². The van der Waals surface area contributed by atoms with Crippen LogP contribution < -0.4 is 30.3 Å². The Kier molecular flexibility index (Phi) is 15.0. The number of amides is 2. The van der Waals surface area contributed by atoms with Crippen LogP contribution in [0.3, 0.4) is 0 Å². The number of anilines is 3. The molecule has 2 amide bonds. The number of likely N-dealkylation sites (tertiary alicyclic amines) is 2. The number of aliphatic hydroxyl groups excluding tert-OH is 1. The number of imidazole rings is 1. The lowest BCUT2D eigenvalue weighted by Gasteiger charge is -2.43. The van der Waals surface area contributed by atoms with E-state index in [0.717, 1.165) is 93.2 Å². The molecule has 6 aromatic rings. The molecule has 0 spiro atoms. The van der Waals surface area contributed by atoms with E-state index >= 15 is 0 Å². The molecule has 2 aromatic carbocycles. The first-order chi connectivity index (χ1) is 37.3. The molecule has 1 saturated carbocycles. The number of nitrogens with two attached hydrogens (primary N) is 1. The molecule has 5 aliphatic rings. The number of phenols is 1. The molecule has 5 N–H and O–H groups in total. The number of nitrogens with zero attached hydrogens (tertiary/aromatic N) is 10. The van der Waals surface area contributed by atoms with Crippen LogP contribution in [0.4, 0.5) is 17.2 Å². The average Bonchev–Trinajstić information content (AvgIpc) is 4.22. The van der Waals surface area contributed by atoms with Gasteiger partial charge in [-0.15, -0.1) is 10.2 Å². The summed E-state index contributed by atoms with van der Waals surface area (Å²) in [6, 6.07) is 22.2. The number of phenolic OH excluding ortho intramolecular Hbond substituents is 1. The van der Waals surface area contributed by atoms with Gasteiger partial charge >= 0.3 is 0 Å². The number of hydrogen-bond acceptors (Lipinski definition) is 17. The number of hydrogen-bond donors (Lipinski definition) is 4. The van der Waals surface area contributed by atoms with Gasteiger partial charge in [0.05, 0.1) is 35.7 Å². The van der Waals surface area contributed by atoms with Gasteiger partial charge in [0.1, 0.15) is 36.2 Å². The van der Waals surface area contributed by atoms with Gasteiger partial charge in [0.2, 0.25) is 17.7 Å². The first kappa shape index (κ1) is 51.8. The lowest BCUT2D eigenvalue weighted by molar-refractivity contribution is -0.141. The number of para-hydroxylation sites is 1. The van der Waals surface area contributed by atoms with Crippen molar-refractivity contribution in [1.82, 2.24) is 45.0 Å². The Labute approximate surface area is 448 Å². The molecule has 8 heterocycles. The minimum atomic E-state index is -0.835. The minimum absolute atomic E-state index is 0.0489. The number of pyridine rings is 1. The van der Waals surface area contributed by atoms with Gasteiger partial charge in [-0.2, -0.15) is 0 Å². The van der Waals surface area contributed by atoms with Gasteiger partial charge < -0.3 is 59.3 Å². The van der Waals surface area contributed by atoms with Gasteiger partial charge in [0, 0.05) is 118 Å². The molecular weight excluding hydrogens is 981 g/mol. The molecule has 6 atom stereocenters. The maximum Gasteiger partial charge on any atom is 0.254 e. The Bertz CT molecular complexity index is 3000. The molecule has 0 radical (unpaired) electrons. The summed E-state index contributed by atoms with van der Waals surface area (Å²) in [7, 11) is 0. The zero-order valence-corrected chi connectivity index (χ0v) is 44.2. The number of piperidine rings is 1. The Hall–Kier alpha value is -7.29. The third-order valence-corrected chi connectivity index (χ3v) is 16.2. The van der Waals surface area contributed by atoms with Crippen molar-refractivity contribution in [2.45, 2.75) is 127 Å². The predicted molar refractivity (Wildman–Crippen MR) is 288 cm³/mol. The van der Waals surface area contributed by atoms with E-state index < -0.39 is 18.1 Å². The Morgan fingerprint density at radius 3 is 2.34 bits per heavy atom. The number of carbonyl (C=O) groups is 2. The lowest BCUT2D eigenvalue weighted by Crippen LogP contribution is -2.54. The van der Waals surface area contributed by atoms with Crippen LogP contribution >= 0.6 is 0 Å². The number of β-amino-alcohol motifs (C(OH)–C–C–N with tert-alkyl or cyclic N) is 1. The standard InChI is InChI=1S/C57H70N12O8/c1-34(2)54(57(73)68-33-42(70)26-49(68)56(72)61-35(3)37-9-11-38(12-10-37)67-22-19-59-36(67)4)51-30-53(64-77-51)74-24-23-65-20-16-43(17-21-65)75-44-27-45(28-44)76-52-25-39(15-18-60-52)69-40-13-14-41(69)32-66(31-40)48-29-47(62-63-55(48)58)46-7-5-6-8-50(46)71/h5-12,15,18-19,22,25,29-30,34-35,40-45,49,54,70-71H,13-14,16-17,20-21,23-24,26-28,31-33H2,1-4H3,(H2,58,63)(H,61,72)/t35-,40+,41?,42+,44?,45?,49-,54-/m0/s1. The van der Waals surface area contributed by atoms with E-state index in [4.69, 9.17) is 24.5 Å². The fraction of sp³-hybridized carbons (Fsp3) is 0.491. The first-order valence-corrected chi connectivity index (χ1v) is 27.3. The van der Waals surface area contributed by atoms with Crippen molar-refractivity contribution in [2.75, 3.05) is 61.4 Å². The number of aromatic nitrogens is 6. The third kappa shape index (κ3) is 11.3. The number of benzene rings is 2. The smallest absolute Gasteiger partial charge is 0.254 e. The molecule has 5 fully saturated rings. The molecule has 77 heavy (non-hydrogen) atoms. The number of rotatable bonds is 18. The van der Waals surface area contributed by atoms with Crippen LogP contribution in [0.25, 0.3) is 16.9 Å². The number of ether oxygens (including phenoxy) is 3. The highest BCUT2D eigenvalue weighted by molar-refractivity contribution is 5.91. The average molecular weight is 1050 g/mol. The molecule has 20 nitrogen and oxygen atoms in total. The van der Waals surface area contributed by atoms with Gasteiger partial charge in [-0.05, 0) is 92.6 Å². The zero-order valence-electron chi connectivity index (χ0n) is 44.2. The highest BCUT2D eigenvalue weighted by Gasteiger charge is 2.45. The second-order valence-corrected chi connectivity index (χ2v) is 21.8. The van der Waals surface area contributed by atoms with E-state index in [9.17, 15) is 19.8 Å². The van der Waals surface area contributed by atoms with E-state index in [-0.39, 0.29) is 72.9 Å². The number of fused-ring (bicyclic) bond motifs is 2. The Balaban J connectivity index is 0.601. The summed E-state index contributed by atoms with van der Waals surface area (Å²) in [6.45, 7) is 12.2. The number of carbonyl (C=O) groups excluding carboxylic acids is 2. The molecule has 1 aliphatic carbocycles. The van der Waals surface area contributed by atoms with Crippen LogP contribution in [-0.2, 0) is 14.3 Å². The van der Waals surface area contributed by atoms with Crippen LogP contribution in [0.2, 0.25) is 0 Å². The van der Waals surface area contributed by atoms with Crippen LogP contribution in [-0.4, -0.2) is 150 Å². The normalized spacial score (nSPS) is 23.5. The first-order valence-electron chi connectivity index (χ1n) is 27.3. The van der Waals surface area contributed by atoms with Gasteiger partial charge in [-0.1, -0.05) is 38.1 Å². The van der Waals surface area contributed by atoms with Gasteiger partial charge in [-0.3, -0.25) is 14.5 Å². The maximum atomic E-state index is 14.2. The quantitative estimate of drug-likeness (QED) is 0.0748. The number of aryl methyl sites for hydroxylation is 1. The number of nitrogen functional groups attached to an aromatic ring is 1. The van der Waals surface area contributed by atoms with E-state index in [1.807, 2.05) is 87.1 Å². The summed E-state index contributed by atoms with van der Waals surface area (Å²) in [4.78, 5) is 45.5. The molecule has 11 rings (SSSR count). The fourth-order valence-corrected chi connectivity index (χ4v) is 12.0. The lowest BCUT2D eigenvalue weighted by atomic mass is 9.91. The predicted octanol–water partition coefficient (Wildman–Crippen LogP) is 6.21. The van der Waals surface area contributed by atoms with Crippen molar-refractivity contribution in [3.05, 3.63) is 109 Å². The van der Waals surface area contributed by atoms with Crippen LogP contribution in [0.15, 0.2) is 95.9 Å². The third-order valence-electron chi connectivity index (χ3n) is 16.2. The van der Waals surface area contributed by atoms with E-state index in [0.29, 0.717) is 47.7 Å². The summed E-state index contributed by atoms with van der Waals surface area (Å²) in [5, 5.41) is 37.0. The van der Waals surface area contributed by atoms with Crippen molar-refractivity contribution in [1.29, 1.82) is 0 Å². The number of nitrogens with one attached hydrogen (secondary N) is 1. The summed E-state index contributed by atoms with van der Waals surface area (Å²) < 4.78 is 26.7. The second kappa shape index (κ2) is 22.4. The van der Waals surface area contributed by atoms with Crippen LogP contribution in [0, 0.1) is 12.8 Å². The molecule has 2 bridgehead atoms. The van der Waals surface area contributed by atoms with E-state index in [2.05, 4.69) is 57.5 Å². The van der Waals surface area contributed by atoms with E-state index in [1.54, 1.807) is 24.4 Å². The topological polar surface area (TPSA) is 236 Å². The van der Waals surface area contributed by atoms with Gasteiger partial charge in [0.25, 0.3) is 5.88 Å².